The number of alkyl halides is 3. The lowest BCUT2D eigenvalue weighted by Crippen LogP contribution is -2.48. The lowest BCUT2D eigenvalue weighted by atomic mass is 10.2. The van der Waals surface area contributed by atoms with Gasteiger partial charge < -0.3 is 10.2 Å². The quantitative estimate of drug-likeness (QED) is 0.679. The Labute approximate surface area is 188 Å². The van der Waals surface area contributed by atoms with Crippen LogP contribution in [0.1, 0.15) is 17.5 Å². The van der Waals surface area contributed by atoms with Crippen LogP contribution in [0, 0.1) is 0 Å². The first-order chi connectivity index (χ1) is 15.2. The molecule has 0 spiro atoms. The average Bonchev–Trinajstić information content (AvgIpc) is 2.77. The van der Waals surface area contributed by atoms with Gasteiger partial charge in [-0.1, -0.05) is 41.9 Å². The van der Waals surface area contributed by atoms with E-state index in [2.05, 4.69) is 15.6 Å². The molecule has 0 aliphatic carbocycles. The number of aromatic nitrogens is 1. The van der Waals surface area contributed by atoms with E-state index < -0.39 is 17.8 Å². The van der Waals surface area contributed by atoms with Crippen LogP contribution < -0.4 is 15.5 Å². The number of carbonyl (C=O) groups excluding carboxylic acids is 2. The van der Waals surface area contributed by atoms with E-state index in [1.807, 2.05) is 40.1 Å². The Balaban J connectivity index is 1.38. The summed E-state index contributed by atoms with van der Waals surface area (Å²) >= 11 is 6.01. The van der Waals surface area contributed by atoms with Crippen molar-refractivity contribution in [3.8, 4) is 0 Å². The van der Waals surface area contributed by atoms with Crippen LogP contribution in [0.15, 0.2) is 42.6 Å². The van der Waals surface area contributed by atoms with Gasteiger partial charge in [-0.05, 0) is 11.6 Å². The third kappa shape index (κ3) is 6.83. The monoisotopic (exact) mass is 469 g/mol. The highest BCUT2D eigenvalue weighted by molar-refractivity contribution is 6.33. The van der Waals surface area contributed by atoms with Crippen LogP contribution in [-0.2, 0) is 17.5 Å². The van der Waals surface area contributed by atoms with Crippen molar-refractivity contribution in [2.24, 2.45) is 0 Å². The zero-order chi connectivity index (χ0) is 23.1. The molecule has 1 saturated heterocycles. The number of pyridine rings is 1. The number of imide groups is 1. The Bertz CT molecular complexity index is 935. The molecule has 3 amide bonds. The van der Waals surface area contributed by atoms with Crippen molar-refractivity contribution in [1.29, 1.82) is 0 Å². The molecule has 2 N–H and O–H groups in total. The van der Waals surface area contributed by atoms with Gasteiger partial charge in [0.2, 0.25) is 5.91 Å². The summed E-state index contributed by atoms with van der Waals surface area (Å²) in [7, 11) is 0. The number of hydrogen-bond acceptors (Lipinski definition) is 5. The number of nitrogens with zero attached hydrogens (tertiary/aromatic N) is 3. The Morgan fingerprint density at radius 3 is 2.41 bits per heavy atom. The number of nitrogens with one attached hydrogen (secondary N) is 2. The van der Waals surface area contributed by atoms with Crippen LogP contribution in [0.3, 0.4) is 0 Å². The first kappa shape index (κ1) is 23.8. The fraction of sp³-hybridized carbons (Fsp3) is 0.381. The Kier molecular flexibility index (Phi) is 7.92. The number of amides is 3. The first-order valence-corrected chi connectivity index (χ1v) is 10.4. The van der Waals surface area contributed by atoms with E-state index in [-0.39, 0.29) is 17.4 Å². The van der Waals surface area contributed by atoms with Crippen LogP contribution in [0.5, 0.6) is 0 Å². The summed E-state index contributed by atoms with van der Waals surface area (Å²) in [4.78, 5) is 31.6. The molecule has 172 valence electrons. The maximum atomic E-state index is 12.8. The Morgan fingerprint density at radius 1 is 1.09 bits per heavy atom. The molecular weight excluding hydrogens is 447 g/mol. The number of piperazine rings is 1. The molecule has 3 rings (SSSR count). The second kappa shape index (κ2) is 10.6. The number of halogens is 4. The molecule has 1 fully saturated rings. The van der Waals surface area contributed by atoms with Gasteiger partial charge in [0, 0.05) is 51.9 Å². The zero-order valence-corrected chi connectivity index (χ0v) is 17.9. The lowest BCUT2D eigenvalue weighted by molar-refractivity contribution is -0.137. The van der Waals surface area contributed by atoms with E-state index in [1.165, 1.54) is 0 Å². The third-order valence-electron chi connectivity index (χ3n) is 5.02. The van der Waals surface area contributed by atoms with Gasteiger partial charge >= 0.3 is 12.2 Å². The molecule has 1 aliphatic rings. The van der Waals surface area contributed by atoms with Crippen LogP contribution in [-0.4, -0.2) is 54.5 Å². The minimum absolute atomic E-state index is 0.0471. The van der Waals surface area contributed by atoms with Crippen molar-refractivity contribution in [2.45, 2.75) is 19.1 Å². The largest absolute Gasteiger partial charge is 0.417 e. The standard InChI is InChI=1S/C21H23ClF3N5O2/c22-17-12-16(21(23,24)25)14-26-19(17)30-10-8-29(9-11-30)7-6-18(31)28-20(32)27-13-15-4-2-1-3-5-15/h1-5,12,14H,6-11,13H2,(H2,27,28,31,32). The Hall–Kier alpha value is -2.85. The van der Waals surface area contributed by atoms with E-state index in [0.29, 0.717) is 45.1 Å². The van der Waals surface area contributed by atoms with Gasteiger partial charge in [0.15, 0.2) is 0 Å². The lowest BCUT2D eigenvalue weighted by Gasteiger charge is -2.35. The number of benzene rings is 1. The van der Waals surface area contributed by atoms with E-state index in [1.54, 1.807) is 0 Å². The number of hydrogen-bond donors (Lipinski definition) is 2. The maximum Gasteiger partial charge on any atom is 0.417 e. The summed E-state index contributed by atoms with van der Waals surface area (Å²) in [5.41, 5.74) is 0.0410. The smallest absolute Gasteiger partial charge is 0.353 e. The summed E-state index contributed by atoms with van der Waals surface area (Å²) < 4.78 is 38.3. The molecule has 0 saturated carbocycles. The van der Waals surface area contributed by atoms with Crippen LogP contribution >= 0.6 is 11.6 Å². The minimum Gasteiger partial charge on any atom is -0.353 e. The molecule has 1 aliphatic heterocycles. The van der Waals surface area contributed by atoms with Crippen LogP contribution in [0.4, 0.5) is 23.8 Å². The molecule has 2 heterocycles. The SMILES string of the molecule is O=C(CCN1CCN(c2ncc(C(F)(F)F)cc2Cl)CC1)NC(=O)NCc1ccccc1. The van der Waals surface area contributed by atoms with Crippen molar-refractivity contribution >= 4 is 29.4 Å². The Morgan fingerprint density at radius 2 is 1.78 bits per heavy atom. The normalized spacial score (nSPS) is 14.8. The van der Waals surface area contributed by atoms with Gasteiger partial charge in [-0.15, -0.1) is 0 Å². The predicted octanol–water partition coefficient (Wildman–Crippen LogP) is 3.29. The van der Waals surface area contributed by atoms with Gasteiger partial charge in [-0.2, -0.15) is 13.2 Å². The molecular formula is C21H23ClF3N5O2. The summed E-state index contributed by atoms with van der Waals surface area (Å²) in [6.07, 6.45) is -3.56. The maximum absolute atomic E-state index is 12.8. The molecule has 0 atom stereocenters. The topological polar surface area (TPSA) is 77.6 Å². The second-order valence-corrected chi connectivity index (χ2v) is 7.73. The summed E-state index contributed by atoms with van der Waals surface area (Å²) in [6.45, 7) is 2.98. The third-order valence-corrected chi connectivity index (χ3v) is 5.30. The van der Waals surface area contributed by atoms with Gasteiger partial charge in [0.1, 0.15) is 5.82 Å². The molecule has 11 heteroatoms. The van der Waals surface area contributed by atoms with Crippen molar-refractivity contribution in [2.75, 3.05) is 37.6 Å². The van der Waals surface area contributed by atoms with Gasteiger partial charge in [0.05, 0.1) is 10.6 Å². The predicted molar refractivity (Wildman–Crippen MR) is 114 cm³/mol. The molecule has 2 aromatic rings. The molecule has 32 heavy (non-hydrogen) atoms. The number of carbonyl (C=O) groups is 2. The molecule has 1 aromatic heterocycles. The summed E-state index contributed by atoms with van der Waals surface area (Å²) in [6, 6.07) is 9.67. The van der Waals surface area contributed by atoms with E-state index in [0.717, 1.165) is 17.8 Å². The molecule has 0 unspecified atom stereocenters. The second-order valence-electron chi connectivity index (χ2n) is 7.32. The van der Waals surface area contributed by atoms with Gasteiger partial charge in [0.25, 0.3) is 0 Å². The first-order valence-electron chi connectivity index (χ1n) is 10.0. The average molecular weight is 470 g/mol. The summed E-state index contributed by atoms with van der Waals surface area (Å²) in [5, 5.41) is 4.89. The van der Waals surface area contributed by atoms with Crippen molar-refractivity contribution in [3.05, 3.63) is 58.7 Å². The highest BCUT2D eigenvalue weighted by Crippen LogP contribution is 2.33. The van der Waals surface area contributed by atoms with Crippen molar-refractivity contribution in [1.82, 2.24) is 20.5 Å². The van der Waals surface area contributed by atoms with Crippen molar-refractivity contribution < 1.29 is 22.8 Å². The minimum atomic E-state index is -4.49. The van der Waals surface area contributed by atoms with Crippen molar-refractivity contribution in [3.63, 3.8) is 0 Å². The fourth-order valence-electron chi connectivity index (χ4n) is 3.27. The van der Waals surface area contributed by atoms with Gasteiger partial charge in [-0.3, -0.25) is 15.0 Å². The highest BCUT2D eigenvalue weighted by Gasteiger charge is 2.32. The van der Waals surface area contributed by atoms with E-state index >= 15 is 0 Å². The molecule has 1 aromatic carbocycles. The van der Waals surface area contributed by atoms with E-state index in [4.69, 9.17) is 11.6 Å². The fourth-order valence-corrected chi connectivity index (χ4v) is 3.56. The number of urea groups is 1. The van der Waals surface area contributed by atoms with Crippen LogP contribution in [0.25, 0.3) is 0 Å². The highest BCUT2D eigenvalue weighted by atomic mass is 35.5. The number of rotatable bonds is 6. The number of anilines is 1. The summed E-state index contributed by atoms with van der Waals surface area (Å²) in [5.74, 6) is -0.0717. The molecule has 0 radical (unpaired) electrons. The molecule has 0 bridgehead atoms. The molecule has 7 nitrogen and oxygen atoms in total. The van der Waals surface area contributed by atoms with E-state index in [9.17, 15) is 22.8 Å². The zero-order valence-electron chi connectivity index (χ0n) is 17.2. The van der Waals surface area contributed by atoms with Crippen LogP contribution in [0.2, 0.25) is 5.02 Å². The van der Waals surface area contributed by atoms with Gasteiger partial charge in [-0.25, -0.2) is 9.78 Å².